The van der Waals surface area contributed by atoms with Crippen LogP contribution >= 0.6 is 31.9 Å². The lowest BCUT2D eigenvalue weighted by atomic mass is 10.0. The maximum Gasteiger partial charge on any atom is 0.239 e. The number of amides is 1. The first kappa shape index (κ1) is 17.2. The molecule has 0 saturated heterocycles. The first-order valence-corrected chi connectivity index (χ1v) is 8.95. The maximum atomic E-state index is 12.5. The van der Waals surface area contributed by atoms with Crippen molar-refractivity contribution in [3.05, 3.63) is 64.7 Å². The van der Waals surface area contributed by atoms with Gasteiger partial charge >= 0.3 is 0 Å². The maximum absolute atomic E-state index is 12.5. The molecule has 22 heavy (non-hydrogen) atoms. The Balaban J connectivity index is 2.16. The Labute approximate surface area is 148 Å². The summed E-state index contributed by atoms with van der Waals surface area (Å²) in [5, 5.41) is 3.04. The summed E-state index contributed by atoms with van der Waals surface area (Å²) in [7, 11) is 0. The molecule has 0 heterocycles. The highest BCUT2D eigenvalue weighted by Gasteiger charge is 2.25. The average molecular weight is 425 g/mol. The summed E-state index contributed by atoms with van der Waals surface area (Å²) in [6, 6.07) is 14.1. The monoisotopic (exact) mass is 423 g/mol. The molecule has 2 nitrogen and oxygen atoms in total. The van der Waals surface area contributed by atoms with E-state index in [0.29, 0.717) is 0 Å². The Morgan fingerprint density at radius 2 is 1.55 bits per heavy atom. The molecule has 0 bridgehead atoms. The van der Waals surface area contributed by atoms with Crippen LogP contribution in [-0.4, -0.2) is 10.7 Å². The average Bonchev–Trinajstić information content (AvgIpc) is 2.50. The minimum absolute atomic E-state index is 0.0548. The van der Waals surface area contributed by atoms with Crippen LogP contribution in [0.1, 0.15) is 27.1 Å². The van der Waals surface area contributed by atoms with E-state index in [1.54, 1.807) is 0 Å². The molecule has 0 fully saturated rings. The summed E-state index contributed by atoms with van der Waals surface area (Å²) in [6.45, 7) is 6.09. The van der Waals surface area contributed by atoms with Gasteiger partial charge < -0.3 is 5.32 Å². The number of carbonyl (C=O) groups excluding carboxylic acids is 1. The van der Waals surface area contributed by atoms with E-state index >= 15 is 0 Å². The van der Waals surface area contributed by atoms with Crippen molar-refractivity contribution in [2.75, 3.05) is 5.32 Å². The molecule has 0 spiro atoms. The third-order valence-corrected chi connectivity index (χ3v) is 6.26. The normalized spacial score (nSPS) is 13.5. The van der Waals surface area contributed by atoms with Crippen LogP contribution in [0.4, 0.5) is 5.69 Å². The van der Waals surface area contributed by atoms with E-state index in [4.69, 9.17) is 0 Å². The summed E-state index contributed by atoms with van der Waals surface area (Å²) in [6.07, 6.45) is 0. The van der Waals surface area contributed by atoms with E-state index < -0.39 is 0 Å². The van der Waals surface area contributed by atoms with Gasteiger partial charge in [-0.2, -0.15) is 0 Å². The second kappa shape index (κ2) is 7.42. The Bertz CT molecular complexity index is 647. The molecule has 2 atom stereocenters. The number of alkyl halides is 2. The molecular formula is C18H19Br2NO. The van der Waals surface area contributed by atoms with Crippen molar-refractivity contribution in [2.45, 2.75) is 30.4 Å². The molecule has 2 aromatic rings. The lowest BCUT2D eigenvalue weighted by Crippen LogP contribution is -2.27. The number of aryl methyl sites for hydroxylation is 3. The summed E-state index contributed by atoms with van der Waals surface area (Å²) >= 11 is 7.11. The molecule has 2 aromatic carbocycles. The molecule has 0 aliphatic carbocycles. The lowest BCUT2D eigenvalue weighted by molar-refractivity contribution is -0.115. The number of carbonyl (C=O) groups is 1. The molecule has 0 aliphatic heterocycles. The predicted molar refractivity (Wildman–Crippen MR) is 100 cm³/mol. The van der Waals surface area contributed by atoms with Crippen molar-refractivity contribution in [3.8, 4) is 0 Å². The van der Waals surface area contributed by atoms with E-state index in [0.717, 1.165) is 22.4 Å². The molecule has 1 N–H and O–H groups in total. The standard InChI is InChI=1S/C18H19Br2NO/c1-11-9-12(2)17(13(3)10-11)21-18(22)16(20)15(19)14-7-5-4-6-8-14/h4-10,15-16H,1-3H3,(H,21,22)/t15-,16+/m0/s1. The minimum Gasteiger partial charge on any atom is -0.325 e. The van der Waals surface area contributed by atoms with Crippen molar-refractivity contribution in [1.29, 1.82) is 0 Å². The Morgan fingerprint density at radius 1 is 1.00 bits per heavy atom. The fourth-order valence-corrected chi connectivity index (χ4v) is 3.47. The fourth-order valence-electron chi connectivity index (χ4n) is 2.51. The van der Waals surface area contributed by atoms with E-state index in [2.05, 4.69) is 56.2 Å². The van der Waals surface area contributed by atoms with Crippen molar-refractivity contribution < 1.29 is 4.79 Å². The molecule has 116 valence electrons. The van der Waals surface area contributed by atoms with Gasteiger partial charge in [-0.25, -0.2) is 0 Å². The van der Waals surface area contributed by atoms with Gasteiger partial charge in [-0.15, -0.1) is 0 Å². The van der Waals surface area contributed by atoms with Gasteiger partial charge in [0, 0.05) is 5.69 Å². The molecule has 2 rings (SSSR count). The number of rotatable bonds is 4. The SMILES string of the molecule is Cc1cc(C)c(NC(=O)[C@H](Br)[C@@H](Br)c2ccccc2)c(C)c1. The van der Waals surface area contributed by atoms with Gasteiger partial charge in [-0.1, -0.05) is 79.9 Å². The van der Waals surface area contributed by atoms with Crippen LogP contribution in [0.15, 0.2) is 42.5 Å². The van der Waals surface area contributed by atoms with Crippen LogP contribution in [0.2, 0.25) is 0 Å². The van der Waals surface area contributed by atoms with Crippen LogP contribution in [0.25, 0.3) is 0 Å². The van der Waals surface area contributed by atoms with Gasteiger partial charge in [0.1, 0.15) is 4.83 Å². The van der Waals surface area contributed by atoms with Gasteiger partial charge in [0.2, 0.25) is 5.91 Å². The van der Waals surface area contributed by atoms with Crippen LogP contribution in [0.5, 0.6) is 0 Å². The first-order valence-electron chi connectivity index (χ1n) is 7.12. The van der Waals surface area contributed by atoms with Crippen molar-refractivity contribution >= 4 is 43.5 Å². The second-order valence-electron chi connectivity index (χ2n) is 5.48. The zero-order chi connectivity index (χ0) is 16.3. The Hall–Kier alpha value is -1.13. The lowest BCUT2D eigenvalue weighted by Gasteiger charge is -2.19. The smallest absolute Gasteiger partial charge is 0.239 e. The summed E-state index contributed by atoms with van der Waals surface area (Å²) in [5.41, 5.74) is 5.32. The summed E-state index contributed by atoms with van der Waals surface area (Å²) in [5.74, 6) is -0.0548. The number of nitrogens with one attached hydrogen (secondary N) is 1. The largest absolute Gasteiger partial charge is 0.325 e. The van der Waals surface area contributed by atoms with E-state index in [9.17, 15) is 4.79 Å². The van der Waals surface area contributed by atoms with Crippen LogP contribution in [0, 0.1) is 20.8 Å². The molecule has 0 saturated carbocycles. The highest BCUT2D eigenvalue weighted by Crippen LogP contribution is 2.32. The van der Waals surface area contributed by atoms with Crippen LogP contribution in [-0.2, 0) is 4.79 Å². The molecule has 4 heteroatoms. The zero-order valence-corrected chi connectivity index (χ0v) is 16.0. The summed E-state index contributed by atoms with van der Waals surface area (Å²) in [4.78, 5) is 12.1. The number of benzene rings is 2. The first-order chi connectivity index (χ1) is 10.4. The van der Waals surface area contributed by atoms with Crippen LogP contribution in [0.3, 0.4) is 0 Å². The fraction of sp³-hybridized carbons (Fsp3) is 0.278. The van der Waals surface area contributed by atoms with Crippen molar-refractivity contribution in [3.63, 3.8) is 0 Å². The third kappa shape index (κ3) is 3.99. The van der Waals surface area contributed by atoms with E-state index in [-0.39, 0.29) is 15.6 Å². The molecule has 0 unspecified atom stereocenters. The molecule has 1 amide bonds. The van der Waals surface area contributed by atoms with Crippen molar-refractivity contribution in [2.24, 2.45) is 0 Å². The molecule has 0 radical (unpaired) electrons. The van der Waals surface area contributed by atoms with Crippen LogP contribution < -0.4 is 5.32 Å². The third-order valence-electron chi connectivity index (χ3n) is 3.55. The highest BCUT2D eigenvalue weighted by molar-refractivity contribution is 9.12. The Kier molecular flexibility index (Phi) is 5.81. The van der Waals surface area contributed by atoms with Gasteiger partial charge in [0.25, 0.3) is 0 Å². The van der Waals surface area contributed by atoms with Gasteiger partial charge in [-0.3, -0.25) is 4.79 Å². The topological polar surface area (TPSA) is 29.1 Å². The summed E-state index contributed by atoms with van der Waals surface area (Å²) < 4.78 is 0. The molecular weight excluding hydrogens is 406 g/mol. The number of hydrogen-bond donors (Lipinski definition) is 1. The van der Waals surface area contributed by atoms with Gasteiger partial charge in [-0.05, 0) is 37.5 Å². The van der Waals surface area contributed by atoms with Gasteiger partial charge in [0.15, 0.2) is 0 Å². The number of anilines is 1. The molecule has 0 aromatic heterocycles. The quantitative estimate of drug-likeness (QED) is 0.649. The predicted octanol–water partition coefficient (Wildman–Crippen LogP) is 5.45. The van der Waals surface area contributed by atoms with Crippen molar-refractivity contribution in [1.82, 2.24) is 0 Å². The number of halogens is 2. The number of hydrogen-bond acceptors (Lipinski definition) is 1. The molecule has 0 aliphatic rings. The highest BCUT2D eigenvalue weighted by atomic mass is 79.9. The van der Waals surface area contributed by atoms with Gasteiger partial charge in [0.05, 0.1) is 4.83 Å². The van der Waals surface area contributed by atoms with E-state index in [1.165, 1.54) is 5.56 Å². The zero-order valence-electron chi connectivity index (χ0n) is 12.9. The second-order valence-corrected chi connectivity index (χ2v) is 7.45. The van der Waals surface area contributed by atoms with E-state index in [1.807, 2.05) is 44.2 Å². The Morgan fingerprint density at radius 3 is 2.09 bits per heavy atom. The minimum atomic E-state index is -0.352.